The maximum absolute atomic E-state index is 13.0. The van der Waals surface area contributed by atoms with E-state index in [0.29, 0.717) is 5.75 Å². The molecule has 2 aromatic rings. The van der Waals surface area contributed by atoms with Crippen LogP contribution < -0.4 is 15.0 Å². The van der Waals surface area contributed by atoms with Crippen molar-refractivity contribution >= 4 is 5.82 Å². The number of ether oxygens (including phenoxy) is 1. The van der Waals surface area contributed by atoms with Crippen LogP contribution in [0.1, 0.15) is 29.9 Å². The van der Waals surface area contributed by atoms with Crippen molar-refractivity contribution in [3.05, 3.63) is 47.2 Å². The van der Waals surface area contributed by atoms with Crippen LogP contribution in [0.5, 0.6) is 5.75 Å². The van der Waals surface area contributed by atoms with E-state index in [1.165, 1.54) is 17.7 Å². The summed E-state index contributed by atoms with van der Waals surface area (Å²) in [5, 5.41) is 3.35. The lowest BCUT2D eigenvalue weighted by molar-refractivity contribution is 0.178. The first-order valence-corrected chi connectivity index (χ1v) is 8.43. The van der Waals surface area contributed by atoms with E-state index in [4.69, 9.17) is 9.72 Å². The first kappa shape index (κ1) is 15.3. The number of benzene rings is 1. The number of hydrogen-bond donors (Lipinski definition) is 1. The molecule has 1 saturated heterocycles. The van der Waals surface area contributed by atoms with Crippen molar-refractivity contribution in [1.29, 1.82) is 0 Å². The molecule has 0 radical (unpaired) electrons. The molecule has 3 heterocycles. The highest BCUT2D eigenvalue weighted by molar-refractivity contribution is 5.51. The lowest BCUT2D eigenvalue weighted by Gasteiger charge is -2.34. The lowest BCUT2D eigenvalue weighted by atomic mass is 10.1. The summed E-state index contributed by atoms with van der Waals surface area (Å²) in [6.45, 7) is 5.35. The molecule has 0 amide bonds. The van der Waals surface area contributed by atoms with E-state index in [1.54, 1.807) is 12.1 Å². The van der Waals surface area contributed by atoms with Crippen molar-refractivity contribution in [2.75, 3.05) is 18.0 Å². The Balaban J connectivity index is 1.52. The zero-order valence-corrected chi connectivity index (χ0v) is 13.8. The summed E-state index contributed by atoms with van der Waals surface area (Å²) in [6, 6.07) is 6.24. The van der Waals surface area contributed by atoms with Gasteiger partial charge >= 0.3 is 0 Å². The second kappa shape index (κ2) is 6.36. The quantitative estimate of drug-likeness (QED) is 0.938. The Labute approximate surface area is 140 Å². The molecule has 1 N–H and O–H groups in total. The van der Waals surface area contributed by atoms with E-state index in [-0.39, 0.29) is 11.9 Å². The summed E-state index contributed by atoms with van der Waals surface area (Å²) in [5.41, 5.74) is 2.32. The van der Waals surface area contributed by atoms with Gasteiger partial charge in [0.2, 0.25) is 0 Å². The highest BCUT2D eigenvalue weighted by atomic mass is 19.1. The molecule has 2 aliphatic rings. The molecule has 0 bridgehead atoms. The van der Waals surface area contributed by atoms with Gasteiger partial charge in [0.05, 0.1) is 12.2 Å². The van der Waals surface area contributed by atoms with E-state index < -0.39 is 0 Å². The average Bonchev–Trinajstić information content (AvgIpc) is 3.05. The number of hydrogen-bond acceptors (Lipinski definition) is 5. The van der Waals surface area contributed by atoms with E-state index in [2.05, 4.69) is 15.2 Å². The molecule has 2 aliphatic heterocycles. The Morgan fingerprint density at radius 1 is 1.21 bits per heavy atom. The number of piperidine rings is 1. The largest absolute Gasteiger partial charge is 0.489 e. The fourth-order valence-electron chi connectivity index (χ4n) is 3.46. The number of fused-ring (bicyclic) bond motifs is 1. The fourth-order valence-corrected chi connectivity index (χ4v) is 3.46. The van der Waals surface area contributed by atoms with Crippen molar-refractivity contribution in [1.82, 2.24) is 15.3 Å². The molecule has 126 valence electrons. The van der Waals surface area contributed by atoms with E-state index in [1.807, 2.05) is 6.92 Å². The molecule has 24 heavy (non-hydrogen) atoms. The number of aromatic nitrogens is 2. The number of rotatable bonds is 3. The highest BCUT2D eigenvalue weighted by Gasteiger charge is 2.27. The lowest BCUT2D eigenvalue weighted by Crippen LogP contribution is -2.42. The Morgan fingerprint density at radius 2 is 2.04 bits per heavy atom. The van der Waals surface area contributed by atoms with Gasteiger partial charge in [-0.25, -0.2) is 14.4 Å². The van der Waals surface area contributed by atoms with Crippen molar-refractivity contribution in [3.8, 4) is 5.75 Å². The van der Waals surface area contributed by atoms with Gasteiger partial charge in [0, 0.05) is 25.2 Å². The summed E-state index contributed by atoms with van der Waals surface area (Å²) in [5.74, 6) is 2.32. The topological polar surface area (TPSA) is 50.3 Å². The van der Waals surface area contributed by atoms with Crippen LogP contribution in [0, 0.1) is 12.7 Å². The highest BCUT2D eigenvalue weighted by Crippen LogP contribution is 2.28. The molecule has 6 heteroatoms. The molecule has 0 spiro atoms. The first-order chi connectivity index (χ1) is 11.7. The third-order valence-electron chi connectivity index (χ3n) is 4.57. The summed E-state index contributed by atoms with van der Waals surface area (Å²) < 4.78 is 19.1. The van der Waals surface area contributed by atoms with Gasteiger partial charge in [-0.1, -0.05) is 0 Å². The number of nitrogens with one attached hydrogen (secondary N) is 1. The second-order valence-electron chi connectivity index (χ2n) is 6.41. The van der Waals surface area contributed by atoms with Gasteiger partial charge in [-0.05, 0) is 44.0 Å². The minimum absolute atomic E-state index is 0.0875. The molecule has 1 unspecified atom stereocenters. The summed E-state index contributed by atoms with van der Waals surface area (Å²) in [6.07, 6.45) is 2.14. The zero-order chi connectivity index (χ0) is 16.5. The molecular weight excluding hydrogens is 307 g/mol. The van der Waals surface area contributed by atoms with Crippen LogP contribution in [0.25, 0.3) is 0 Å². The second-order valence-corrected chi connectivity index (χ2v) is 6.41. The van der Waals surface area contributed by atoms with Gasteiger partial charge in [0.1, 0.15) is 29.3 Å². The summed E-state index contributed by atoms with van der Waals surface area (Å²) in [4.78, 5) is 11.5. The van der Waals surface area contributed by atoms with Crippen LogP contribution in [-0.4, -0.2) is 29.2 Å². The maximum Gasteiger partial charge on any atom is 0.137 e. The van der Waals surface area contributed by atoms with Crippen LogP contribution in [0.4, 0.5) is 10.2 Å². The summed E-state index contributed by atoms with van der Waals surface area (Å²) in [7, 11) is 0. The van der Waals surface area contributed by atoms with Crippen LogP contribution in [0.3, 0.4) is 0 Å². The van der Waals surface area contributed by atoms with Gasteiger partial charge in [-0.15, -0.1) is 0 Å². The Hall–Kier alpha value is -2.21. The van der Waals surface area contributed by atoms with Crippen LogP contribution in [-0.2, 0) is 13.1 Å². The molecule has 0 saturated carbocycles. The molecule has 1 fully saturated rings. The minimum atomic E-state index is -0.243. The minimum Gasteiger partial charge on any atom is -0.489 e. The fraction of sp³-hybridized carbons (Fsp3) is 0.444. The van der Waals surface area contributed by atoms with Crippen molar-refractivity contribution < 1.29 is 9.13 Å². The van der Waals surface area contributed by atoms with E-state index >= 15 is 0 Å². The first-order valence-electron chi connectivity index (χ1n) is 8.43. The van der Waals surface area contributed by atoms with E-state index in [0.717, 1.165) is 56.4 Å². The smallest absolute Gasteiger partial charge is 0.137 e. The standard InChI is InChI=1S/C18H21FN4O/c1-12-21-17-10-20-9-16(17)18(22-12)23-8-2-3-15(11-23)24-14-6-4-13(19)5-7-14/h4-7,15,20H,2-3,8-11H2,1H3. The van der Waals surface area contributed by atoms with Crippen molar-refractivity contribution in [2.45, 2.75) is 39.0 Å². The molecule has 5 nitrogen and oxygen atoms in total. The summed E-state index contributed by atoms with van der Waals surface area (Å²) >= 11 is 0. The monoisotopic (exact) mass is 328 g/mol. The van der Waals surface area contributed by atoms with Crippen LogP contribution in [0.2, 0.25) is 0 Å². The van der Waals surface area contributed by atoms with Crippen molar-refractivity contribution in [2.24, 2.45) is 0 Å². The molecular formula is C18H21FN4O. The number of nitrogens with zero attached hydrogens (tertiary/aromatic N) is 3. The molecule has 1 aromatic carbocycles. The number of anilines is 1. The Kier molecular flexibility index (Phi) is 4.06. The third-order valence-corrected chi connectivity index (χ3v) is 4.57. The Bertz CT molecular complexity index is 735. The van der Waals surface area contributed by atoms with Gasteiger partial charge in [-0.2, -0.15) is 0 Å². The Morgan fingerprint density at radius 3 is 2.88 bits per heavy atom. The van der Waals surface area contributed by atoms with E-state index in [9.17, 15) is 4.39 Å². The SMILES string of the molecule is Cc1nc2c(c(N3CCCC(Oc4ccc(F)cc4)C3)n1)CNC2. The van der Waals surface area contributed by atoms with Crippen molar-refractivity contribution in [3.63, 3.8) is 0 Å². The molecule has 1 atom stereocenters. The number of aryl methyl sites for hydroxylation is 1. The van der Waals surface area contributed by atoms with Gasteiger partial charge < -0.3 is 15.0 Å². The van der Waals surface area contributed by atoms with Gasteiger partial charge in [0.15, 0.2) is 0 Å². The third kappa shape index (κ3) is 3.06. The van der Waals surface area contributed by atoms with Crippen LogP contribution in [0.15, 0.2) is 24.3 Å². The normalized spacial score (nSPS) is 20.1. The number of halogens is 1. The predicted octanol–water partition coefficient (Wildman–Crippen LogP) is 2.58. The maximum atomic E-state index is 13.0. The van der Waals surface area contributed by atoms with Gasteiger partial charge in [-0.3, -0.25) is 0 Å². The molecule has 4 rings (SSSR count). The predicted molar refractivity (Wildman–Crippen MR) is 89.6 cm³/mol. The zero-order valence-electron chi connectivity index (χ0n) is 13.8. The molecule has 1 aromatic heterocycles. The molecule has 0 aliphatic carbocycles. The van der Waals surface area contributed by atoms with Gasteiger partial charge in [0.25, 0.3) is 0 Å². The van der Waals surface area contributed by atoms with Crippen LogP contribution >= 0.6 is 0 Å². The average molecular weight is 328 g/mol.